The standard InChI is InChI=1S/C25H27N3O3/c1-17(2)27-12-13-28-20(14-22(29)24(30)23(28)25(27)31)16-26-15-19-10-6-7-11-21(19)18-8-4-3-5-9-18/h3-11,14,17,26,30H,12-13,15-16H2,1-2H3. The van der Waals surface area contributed by atoms with Crippen LogP contribution in [0.3, 0.4) is 0 Å². The molecule has 2 N–H and O–H groups in total. The summed E-state index contributed by atoms with van der Waals surface area (Å²) in [4.78, 5) is 26.9. The summed E-state index contributed by atoms with van der Waals surface area (Å²) in [5.41, 5.74) is 3.73. The zero-order valence-electron chi connectivity index (χ0n) is 17.8. The summed E-state index contributed by atoms with van der Waals surface area (Å²) >= 11 is 0. The lowest BCUT2D eigenvalue weighted by Crippen LogP contribution is -2.46. The van der Waals surface area contributed by atoms with Gasteiger partial charge in [-0.1, -0.05) is 54.6 Å². The first-order valence-electron chi connectivity index (χ1n) is 10.6. The molecule has 6 nitrogen and oxygen atoms in total. The Morgan fingerprint density at radius 2 is 1.68 bits per heavy atom. The lowest BCUT2D eigenvalue weighted by atomic mass is 10.00. The summed E-state index contributed by atoms with van der Waals surface area (Å²) in [7, 11) is 0. The summed E-state index contributed by atoms with van der Waals surface area (Å²) in [6, 6.07) is 19.8. The minimum atomic E-state index is -0.522. The second kappa shape index (κ2) is 8.78. The van der Waals surface area contributed by atoms with E-state index in [0.717, 1.165) is 16.7 Å². The van der Waals surface area contributed by atoms with E-state index in [2.05, 4.69) is 29.6 Å². The first kappa shape index (κ1) is 20.9. The Bertz CT molecular complexity index is 1150. The number of amides is 1. The number of nitrogens with one attached hydrogen (secondary N) is 1. The summed E-state index contributed by atoms with van der Waals surface area (Å²) in [5.74, 6) is -0.763. The van der Waals surface area contributed by atoms with Gasteiger partial charge in [0.1, 0.15) is 0 Å². The van der Waals surface area contributed by atoms with E-state index in [0.29, 0.717) is 31.9 Å². The van der Waals surface area contributed by atoms with Gasteiger partial charge in [0.25, 0.3) is 5.91 Å². The topological polar surface area (TPSA) is 74.6 Å². The van der Waals surface area contributed by atoms with Gasteiger partial charge in [0.15, 0.2) is 11.4 Å². The van der Waals surface area contributed by atoms with Crippen LogP contribution in [0, 0.1) is 0 Å². The lowest BCUT2D eigenvalue weighted by molar-refractivity contribution is 0.0639. The van der Waals surface area contributed by atoms with Gasteiger partial charge in [-0.3, -0.25) is 9.59 Å². The normalized spacial score (nSPS) is 13.5. The van der Waals surface area contributed by atoms with Gasteiger partial charge in [0.2, 0.25) is 5.43 Å². The molecule has 0 bridgehead atoms. The molecule has 1 amide bonds. The highest BCUT2D eigenvalue weighted by atomic mass is 16.3. The summed E-state index contributed by atoms with van der Waals surface area (Å²) in [6.45, 7) is 5.99. The fraction of sp³-hybridized carbons (Fsp3) is 0.280. The molecule has 0 radical (unpaired) electrons. The summed E-state index contributed by atoms with van der Waals surface area (Å²) in [5, 5.41) is 13.7. The smallest absolute Gasteiger partial charge is 0.274 e. The van der Waals surface area contributed by atoms with Crippen LogP contribution >= 0.6 is 0 Å². The summed E-state index contributed by atoms with van der Waals surface area (Å²) < 4.78 is 1.77. The van der Waals surface area contributed by atoms with Crippen molar-refractivity contribution in [2.75, 3.05) is 6.54 Å². The van der Waals surface area contributed by atoms with E-state index in [1.54, 1.807) is 9.47 Å². The Balaban J connectivity index is 1.57. The maximum Gasteiger partial charge on any atom is 0.274 e. The van der Waals surface area contributed by atoms with E-state index in [-0.39, 0.29) is 17.6 Å². The van der Waals surface area contributed by atoms with E-state index >= 15 is 0 Å². The predicted molar refractivity (Wildman–Crippen MR) is 121 cm³/mol. The van der Waals surface area contributed by atoms with Crippen LogP contribution in [-0.2, 0) is 19.6 Å². The first-order valence-corrected chi connectivity index (χ1v) is 10.6. The Morgan fingerprint density at radius 3 is 2.42 bits per heavy atom. The number of carbonyl (C=O) groups is 1. The number of hydrogen-bond acceptors (Lipinski definition) is 4. The average Bonchev–Trinajstić information content (AvgIpc) is 2.77. The highest BCUT2D eigenvalue weighted by Crippen LogP contribution is 2.24. The van der Waals surface area contributed by atoms with Gasteiger partial charge in [-0.2, -0.15) is 0 Å². The van der Waals surface area contributed by atoms with Crippen LogP contribution in [0.2, 0.25) is 0 Å². The Labute approximate surface area is 181 Å². The molecule has 0 aliphatic carbocycles. The third-order valence-corrected chi connectivity index (χ3v) is 5.75. The molecule has 0 saturated heterocycles. The van der Waals surface area contributed by atoms with Crippen LogP contribution in [0.1, 0.15) is 35.6 Å². The van der Waals surface area contributed by atoms with Crippen LogP contribution in [0.15, 0.2) is 65.5 Å². The molecule has 2 aromatic carbocycles. The number of nitrogens with zero attached hydrogens (tertiary/aromatic N) is 2. The molecule has 1 aromatic heterocycles. The third-order valence-electron chi connectivity index (χ3n) is 5.75. The van der Waals surface area contributed by atoms with Crippen LogP contribution in [0.4, 0.5) is 0 Å². The minimum absolute atomic E-state index is 0.00650. The van der Waals surface area contributed by atoms with Crippen molar-refractivity contribution in [3.63, 3.8) is 0 Å². The Hall–Kier alpha value is -3.38. The number of hydrogen-bond donors (Lipinski definition) is 2. The second-order valence-corrected chi connectivity index (χ2v) is 8.07. The molecule has 0 fully saturated rings. The van der Waals surface area contributed by atoms with Crippen LogP contribution in [0.25, 0.3) is 11.1 Å². The molecule has 6 heteroatoms. The van der Waals surface area contributed by atoms with Crippen molar-refractivity contribution in [2.45, 2.75) is 39.5 Å². The van der Waals surface area contributed by atoms with E-state index in [1.165, 1.54) is 6.07 Å². The molecular formula is C25H27N3O3. The van der Waals surface area contributed by atoms with E-state index in [1.807, 2.05) is 44.2 Å². The number of pyridine rings is 1. The maximum absolute atomic E-state index is 12.9. The van der Waals surface area contributed by atoms with Crippen molar-refractivity contribution in [3.05, 3.63) is 87.8 Å². The van der Waals surface area contributed by atoms with Crippen LogP contribution in [0.5, 0.6) is 5.75 Å². The molecule has 31 heavy (non-hydrogen) atoms. The molecule has 0 unspecified atom stereocenters. The van der Waals surface area contributed by atoms with Crippen molar-refractivity contribution in [3.8, 4) is 16.9 Å². The molecule has 160 valence electrons. The number of fused-ring (bicyclic) bond motifs is 1. The van der Waals surface area contributed by atoms with Crippen molar-refractivity contribution >= 4 is 5.91 Å². The van der Waals surface area contributed by atoms with Crippen molar-refractivity contribution in [1.82, 2.24) is 14.8 Å². The number of rotatable bonds is 6. The number of aromatic nitrogens is 1. The van der Waals surface area contributed by atoms with Crippen LogP contribution < -0.4 is 10.7 Å². The first-order chi connectivity index (χ1) is 15.0. The molecule has 0 atom stereocenters. The Morgan fingerprint density at radius 1 is 0.968 bits per heavy atom. The molecule has 4 rings (SSSR count). The zero-order valence-corrected chi connectivity index (χ0v) is 17.8. The lowest BCUT2D eigenvalue weighted by Gasteiger charge is -2.34. The van der Waals surface area contributed by atoms with Gasteiger partial charge in [0, 0.05) is 44.0 Å². The van der Waals surface area contributed by atoms with Gasteiger partial charge in [-0.25, -0.2) is 0 Å². The quantitative estimate of drug-likeness (QED) is 0.645. The second-order valence-electron chi connectivity index (χ2n) is 8.07. The van der Waals surface area contributed by atoms with E-state index in [4.69, 9.17) is 0 Å². The fourth-order valence-electron chi connectivity index (χ4n) is 4.14. The van der Waals surface area contributed by atoms with E-state index in [9.17, 15) is 14.7 Å². The monoisotopic (exact) mass is 417 g/mol. The Kier molecular flexibility index (Phi) is 5.91. The fourth-order valence-corrected chi connectivity index (χ4v) is 4.14. The molecule has 0 spiro atoms. The van der Waals surface area contributed by atoms with Crippen molar-refractivity contribution in [2.24, 2.45) is 0 Å². The summed E-state index contributed by atoms with van der Waals surface area (Å²) in [6.07, 6.45) is 0. The van der Waals surface area contributed by atoms with Crippen molar-refractivity contribution in [1.29, 1.82) is 0 Å². The predicted octanol–water partition coefficient (Wildman–Crippen LogP) is 3.37. The molecule has 3 aromatic rings. The number of carbonyl (C=O) groups excluding carboxylic acids is 1. The van der Waals surface area contributed by atoms with Gasteiger partial charge in [-0.15, -0.1) is 0 Å². The number of aromatic hydroxyl groups is 1. The zero-order chi connectivity index (χ0) is 22.0. The minimum Gasteiger partial charge on any atom is -0.503 e. The third kappa shape index (κ3) is 4.11. The highest BCUT2D eigenvalue weighted by molar-refractivity contribution is 5.96. The van der Waals surface area contributed by atoms with E-state index < -0.39 is 11.2 Å². The van der Waals surface area contributed by atoms with Gasteiger partial charge in [0.05, 0.1) is 0 Å². The molecule has 0 saturated carbocycles. The molecule has 2 heterocycles. The molecule has 1 aliphatic heterocycles. The number of benzene rings is 2. The highest BCUT2D eigenvalue weighted by Gasteiger charge is 2.31. The largest absolute Gasteiger partial charge is 0.503 e. The molecular weight excluding hydrogens is 390 g/mol. The SMILES string of the molecule is CC(C)N1CCn2c(CNCc3ccccc3-c3ccccc3)cc(=O)c(O)c2C1=O. The van der Waals surface area contributed by atoms with Crippen LogP contribution in [-0.4, -0.2) is 33.1 Å². The van der Waals surface area contributed by atoms with Gasteiger partial charge in [-0.05, 0) is 30.5 Å². The molecule has 1 aliphatic rings. The average molecular weight is 418 g/mol. The van der Waals surface area contributed by atoms with Crippen molar-refractivity contribution < 1.29 is 9.90 Å². The van der Waals surface area contributed by atoms with Gasteiger partial charge < -0.3 is 19.9 Å². The van der Waals surface area contributed by atoms with Gasteiger partial charge >= 0.3 is 0 Å². The maximum atomic E-state index is 12.9.